The van der Waals surface area contributed by atoms with Crippen LogP contribution in [-0.4, -0.2) is 40.5 Å². The Morgan fingerprint density at radius 2 is 2.12 bits per heavy atom. The van der Waals surface area contributed by atoms with Crippen LogP contribution in [0.5, 0.6) is 5.75 Å². The van der Waals surface area contributed by atoms with E-state index in [1.54, 1.807) is 6.20 Å². The molecule has 0 spiro atoms. The maximum Gasteiger partial charge on any atom is 0.227 e. The highest BCUT2D eigenvalue weighted by molar-refractivity contribution is 5.79. The molecule has 0 radical (unpaired) electrons. The SMILES string of the molecule is Cc1cccnc1Nc1ccc([C@H]2CCCN(C(=O)Cc3ccc4c(c3)CCCO4)C2)nc1. The van der Waals surface area contributed by atoms with Gasteiger partial charge in [-0.05, 0) is 73.6 Å². The summed E-state index contributed by atoms with van der Waals surface area (Å²) >= 11 is 0. The van der Waals surface area contributed by atoms with E-state index in [1.165, 1.54) is 5.56 Å². The van der Waals surface area contributed by atoms with Crippen molar-refractivity contribution < 1.29 is 9.53 Å². The first kappa shape index (κ1) is 21.4. The van der Waals surface area contributed by atoms with Gasteiger partial charge >= 0.3 is 0 Å². The third-order valence-electron chi connectivity index (χ3n) is 6.58. The van der Waals surface area contributed by atoms with Gasteiger partial charge in [-0.2, -0.15) is 0 Å². The normalized spacial score (nSPS) is 17.7. The number of aromatic nitrogens is 2. The lowest BCUT2D eigenvalue weighted by Crippen LogP contribution is -2.40. The number of pyridine rings is 2. The van der Waals surface area contributed by atoms with Gasteiger partial charge < -0.3 is 15.0 Å². The molecule has 6 heteroatoms. The maximum atomic E-state index is 13.1. The van der Waals surface area contributed by atoms with Crippen LogP contribution in [0.4, 0.5) is 11.5 Å². The quantitative estimate of drug-likeness (QED) is 0.615. The lowest BCUT2D eigenvalue weighted by molar-refractivity contribution is -0.131. The maximum absolute atomic E-state index is 13.1. The molecule has 0 bridgehead atoms. The zero-order valence-electron chi connectivity index (χ0n) is 19.1. The number of amides is 1. The highest BCUT2D eigenvalue weighted by atomic mass is 16.5. The minimum absolute atomic E-state index is 0.195. The molecule has 1 fully saturated rings. The third kappa shape index (κ3) is 5.00. The van der Waals surface area contributed by atoms with E-state index in [2.05, 4.69) is 22.4 Å². The summed E-state index contributed by atoms with van der Waals surface area (Å²) in [6, 6.07) is 14.3. The Balaban J connectivity index is 1.21. The van der Waals surface area contributed by atoms with E-state index in [-0.39, 0.29) is 11.8 Å². The molecule has 2 aliphatic heterocycles. The van der Waals surface area contributed by atoms with E-state index in [0.29, 0.717) is 6.42 Å². The number of carbonyl (C=O) groups is 1. The summed E-state index contributed by atoms with van der Waals surface area (Å²) in [5.41, 5.74) is 5.35. The first-order chi connectivity index (χ1) is 16.2. The molecule has 1 atom stereocenters. The number of piperidine rings is 1. The molecule has 0 unspecified atom stereocenters. The van der Waals surface area contributed by atoms with Crippen LogP contribution in [0.2, 0.25) is 0 Å². The first-order valence-electron chi connectivity index (χ1n) is 11.8. The Morgan fingerprint density at radius 1 is 1.18 bits per heavy atom. The number of benzene rings is 1. The van der Waals surface area contributed by atoms with Gasteiger partial charge in [-0.25, -0.2) is 4.98 Å². The Morgan fingerprint density at radius 3 is 2.97 bits per heavy atom. The standard InChI is InChI=1S/C27H30N4O2/c1-19-5-2-12-28-27(19)30-23-9-10-24(29-17-23)22-6-3-13-31(18-22)26(32)16-20-8-11-25-21(15-20)7-4-14-33-25/h2,5,8-12,15,17,22H,3-4,6-7,13-14,16,18H2,1H3,(H,28,30)/t22-/m0/s1. The lowest BCUT2D eigenvalue weighted by atomic mass is 9.93. The Kier molecular flexibility index (Phi) is 6.24. The summed E-state index contributed by atoms with van der Waals surface area (Å²) in [6.45, 7) is 4.37. The van der Waals surface area contributed by atoms with E-state index >= 15 is 0 Å². The summed E-state index contributed by atoms with van der Waals surface area (Å²) in [5.74, 6) is 2.28. The zero-order valence-corrected chi connectivity index (χ0v) is 19.1. The van der Waals surface area contributed by atoms with Crippen molar-refractivity contribution in [3.8, 4) is 5.75 Å². The number of hydrogen-bond donors (Lipinski definition) is 1. The van der Waals surface area contributed by atoms with Crippen molar-refractivity contribution >= 4 is 17.4 Å². The van der Waals surface area contributed by atoms with E-state index in [1.807, 2.05) is 48.4 Å². The third-order valence-corrected chi connectivity index (χ3v) is 6.58. The van der Waals surface area contributed by atoms with Gasteiger partial charge in [0.15, 0.2) is 0 Å². The van der Waals surface area contributed by atoms with Crippen LogP contribution in [0.15, 0.2) is 54.9 Å². The van der Waals surface area contributed by atoms with Crippen molar-refractivity contribution in [3.63, 3.8) is 0 Å². The van der Waals surface area contributed by atoms with Crippen LogP contribution >= 0.6 is 0 Å². The number of hydrogen-bond acceptors (Lipinski definition) is 5. The number of anilines is 2. The fraction of sp³-hybridized carbons (Fsp3) is 0.370. The van der Waals surface area contributed by atoms with Crippen LogP contribution in [-0.2, 0) is 17.6 Å². The van der Waals surface area contributed by atoms with Gasteiger partial charge in [0.25, 0.3) is 0 Å². The van der Waals surface area contributed by atoms with E-state index < -0.39 is 0 Å². The van der Waals surface area contributed by atoms with E-state index in [4.69, 9.17) is 9.72 Å². The highest BCUT2D eigenvalue weighted by Crippen LogP contribution is 2.29. The molecule has 1 N–H and O–H groups in total. The van der Waals surface area contributed by atoms with Crippen molar-refractivity contribution in [1.82, 2.24) is 14.9 Å². The molecule has 33 heavy (non-hydrogen) atoms. The second kappa shape index (κ2) is 9.61. The van der Waals surface area contributed by atoms with E-state index in [0.717, 1.165) is 79.5 Å². The van der Waals surface area contributed by atoms with Gasteiger partial charge in [0.1, 0.15) is 11.6 Å². The van der Waals surface area contributed by atoms with E-state index in [9.17, 15) is 4.79 Å². The number of rotatable bonds is 5. The number of fused-ring (bicyclic) bond motifs is 1. The number of ether oxygens (including phenoxy) is 1. The molecular weight excluding hydrogens is 412 g/mol. The minimum atomic E-state index is 0.195. The number of nitrogens with zero attached hydrogens (tertiary/aromatic N) is 3. The van der Waals surface area contributed by atoms with Gasteiger partial charge in [0, 0.05) is 30.9 Å². The number of likely N-dealkylation sites (tertiary alicyclic amines) is 1. The Bertz CT molecular complexity index is 1130. The molecule has 1 saturated heterocycles. The lowest BCUT2D eigenvalue weighted by Gasteiger charge is -2.32. The van der Waals surface area contributed by atoms with Gasteiger partial charge in [-0.1, -0.05) is 18.2 Å². The Labute approximate surface area is 195 Å². The van der Waals surface area contributed by atoms with Crippen LogP contribution in [0, 0.1) is 6.92 Å². The van der Waals surface area contributed by atoms with Crippen LogP contribution in [0.1, 0.15) is 47.6 Å². The molecule has 6 nitrogen and oxygen atoms in total. The molecule has 2 aliphatic rings. The van der Waals surface area contributed by atoms with Crippen LogP contribution in [0.25, 0.3) is 0 Å². The smallest absolute Gasteiger partial charge is 0.227 e. The van der Waals surface area contributed by atoms with Crippen molar-refractivity contribution in [2.45, 2.75) is 44.9 Å². The fourth-order valence-electron chi connectivity index (χ4n) is 4.73. The number of nitrogens with one attached hydrogen (secondary N) is 1. The predicted molar refractivity (Wildman–Crippen MR) is 129 cm³/mol. The van der Waals surface area contributed by atoms with Gasteiger partial charge in [-0.15, -0.1) is 0 Å². The van der Waals surface area contributed by atoms with Crippen molar-refractivity contribution in [2.24, 2.45) is 0 Å². The van der Waals surface area contributed by atoms with Crippen molar-refractivity contribution in [1.29, 1.82) is 0 Å². The molecule has 1 amide bonds. The average molecular weight is 443 g/mol. The molecule has 1 aromatic carbocycles. The second-order valence-corrected chi connectivity index (χ2v) is 9.02. The minimum Gasteiger partial charge on any atom is -0.493 e. The summed E-state index contributed by atoms with van der Waals surface area (Å²) in [5, 5.41) is 3.33. The monoisotopic (exact) mass is 442 g/mol. The molecular formula is C27H30N4O2. The number of aryl methyl sites for hydroxylation is 2. The van der Waals surface area contributed by atoms with Gasteiger partial charge in [0.2, 0.25) is 5.91 Å². The van der Waals surface area contributed by atoms with Gasteiger partial charge in [-0.3, -0.25) is 9.78 Å². The highest BCUT2D eigenvalue weighted by Gasteiger charge is 2.26. The zero-order chi connectivity index (χ0) is 22.6. The summed E-state index contributed by atoms with van der Waals surface area (Å²) in [7, 11) is 0. The first-order valence-corrected chi connectivity index (χ1v) is 11.8. The second-order valence-electron chi connectivity index (χ2n) is 9.02. The summed E-state index contributed by atoms with van der Waals surface area (Å²) < 4.78 is 5.70. The molecule has 4 heterocycles. The summed E-state index contributed by atoms with van der Waals surface area (Å²) in [6.07, 6.45) is 8.21. The van der Waals surface area contributed by atoms with Gasteiger partial charge in [0.05, 0.1) is 24.9 Å². The molecule has 0 aliphatic carbocycles. The average Bonchev–Trinajstić information content (AvgIpc) is 2.86. The largest absolute Gasteiger partial charge is 0.493 e. The molecule has 2 aromatic heterocycles. The molecule has 170 valence electrons. The summed E-state index contributed by atoms with van der Waals surface area (Å²) in [4.78, 5) is 24.2. The van der Waals surface area contributed by atoms with Crippen LogP contribution < -0.4 is 10.1 Å². The topological polar surface area (TPSA) is 67.4 Å². The number of carbonyl (C=O) groups excluding carboxylic acids is 1. The molecule has 0 saturated carbocycles. The van der Waals surface area contributed by atoms with Crippen molar-refractivity contribution in [3.05, 3.63) is 77.2 Å². The molecule has 3 aromatic rings. The fourth-order valence-corrected chi connectivity index (χ4v) is 4.73. The Hall–Kier alpha value is -3.41. The predicted octanol–water partition coefficient (Wildman–Crippen LogP) is 4.80. The van der Waals surface area contributed by atoms with Crippen molar-refractivity contribution in [2.75, 3.05) is 25.0 Å². The molecule has 5 rings (SSSR count). The van der Waals surface area contributed by atoms with Crippen LogP contribution in [0.3, 0.4) is 0 Å².